The maximum Gasteiger partial charge on any atom is 0.201 e. The van der Waals surface area contributed by atoms with Gasteiger partial charge in [0.1, 0.15) is 5.75 Å². The van der Waals surface area contributed by atoms with Crippen molar-refractivity contribution < 1.29 is 35.0 Å². The number of nitrogens with one attached hydrogen (secondary N) is 2. The number of aliphatic hydroxyl groups excluding tert-OH is 2. The van der Waals surface area contributed by atoms with Crippen LogP contribution in [0.4, 0.5) is 0 Å². The quantitative estimate of drug-likeness (QED) is 0.119. The highest BCUT2D eigenvalue weighted by atomic mass is 16.5. The predicted octanol–water partition coefficient (Wildman–Crippen LogP) is 5.82. The normalized spacial score (nSPS) is 31.3. The molecule has 9 nitrogen and oxygen atoms in total. The van der Waals surface area contributed by atoms with Crippen molar-refractivity contribution in [3.63, 3.8) is 0 Å². The lowest BCUT2D eigenvalue weighted by atomic mass is 9.67. The van der Waals surface area contributed by atoms with Crippen molar-refractivity contribution in [3.05, 3.63) is 94.3 Å². The Labute approximate surface area is 281 Å². The molecule has 2 fully saturated rings. The Morgan fingerprint density at radius 3 is 2.60 bits per heavy atom. The molecule has 4 aliphatic rings. The smallest absolute Gasteiger partial charge is 0.201 e. The number of phenolic OH excluding ortho intramolecular Hbond substituents is 2. The van der Waals surface area contributed by atoms with E-state index >= 15 is 0 Å². The van der Waals surface area contributed by atoms with Gasteiger partial charge in [0.05, 0.1) is 32.0 Å². The molecule has 1 saturated heterocycles. The fraction of sp³-hybridized carbons (Fsp3) is 0.487. The second kappa shape index (κ2) is 13.6. The lowest BCUT2D eigenvalue weighted by Crippen LogP contribution is -2.44. The highest BCUT2D eigenvalue weighted by molar-refractivity contribution is 5.64. The molecule has 7 N–H and O–H groups in total. The van der Waals surface area contributed by atoms with E-state index in [-0.39, 0.29) is 35.2 Å². The third kappa shape index (κ3) is 5.91. The van der Waals surface area contributed by atoms with Crippen LogP contribution in [0, 0.1) is 17.8 Å². The van der Waals surface area contributed by atoms with E-state index in [4.69, 9.17) is 9.47 Å². The van der Waals surface area contributed by atoms with Crippen LogP contribution >= 0.6 is 0 Å². The van der Waals surface area contributed by atoms with Crippen molar-refractivity contribution in [2.75, 3.05) is 14.2 Å². The molecular formula is C39H48N2O7. The van der Waals surface area contributed by atoms with Gasteiger partial charge in [0.15, 0.2) is 11.5 Å². The van der Waals surface area contributed by atoms with E-state index in [1.54, 1.807) is 0 Å². The molecule has 3 aromatic rings. The average Bonchev–Trinajstić information content (AvgIpc) is 3.62. The lowest BCUT2D eigenvalue weighted by Gasteiger charge is -2.46. The average molecular weight is 657 g/mol. The maximum atomic E-state index is 11.5. The van der Waals surface area contributed by atoms with Crippen molar-refractivity contribution >= 4 is 0 Å². The molecule has 1 aromatic heterocycles. The van der Waals surface area contributed by atoms with Gasteiger partial charge < -0.3 is 45.3 Å². The van der Waals surface area contributed by atoms with Crippen LogP contribution in [0.25, 0.3) is 0 Å². The second-order valence-corrected chi connectivity index (χ2v) is 14.2. The zero-order valence-electron chi connectivity index (χ0n) is 27.7. The number of aromatic hydroxyl groups is 3. The molecule has 2 aromatic carbocycles. The van der Waals surface area contributed by atoms with E-state index in [2.05, 4.69) is 40.7 Å². The summed E-state index contributed by atoms with van der Waals surface area (Å²) in [6.07, 6.45) is 16.5. The molecule has 2 heterocycles. The first-order chi connectivity index (χ1) is 23.3. The Morgan fingerprint density at radius 2 is 1.85 bits per heavy atom. The SMILES string of the molecule is CNC1C=CC2C(CC=CC2c2cc(C3CCC4C(O)CC(c5c(CO)c(O)c(O)c(OC)c5Cc5cc[nH]c5)OC4C3)ccc2O)C1. The van der Waals surface area contributed by atoms with Gasteiger partial charge in [-0.05, 0) is 85.7 Å². The molecule has 9 atom stereocenters. The molecule has 9 unspecified atom stereocenters. The molecule has 48 heavy (non-hydrogen) atoms. The maximum absolute atomic E-state index is 11.5. The number of H-pyrrole nitrogens is 1. The summed E-state index contributed by atoms with van der Waals surface area (Å²) in [5, 5.41) is 58.3. The molecule has 0 spiro atoms. The minimum Gasteiger partial charge on any atom is -0.508 e. The highest BCUT2D eigenvalue weighted by Gasteiger charge is 2.44. The zero-order valence-corrected chi connectivity index (χ0v) is 27.7. The minimum atomic E-state index is -0.637. The van der Waals surface area contributed by atoms with Crippen molar-refractivity contribution in [1.82, 2.24) is 10.3 Å². The minimum absolute atomic E-state index is 0.0399. The Morgan fingerprint density at radius 1 is 1.00 bits per heavy atom. The summed E-state index contributed by atoms with van der Waals surface area (Å²) in [5.74, 6) is 0.712. The topological polar surface area (TPSA) is 147 Å². The van der Waals surface area contributed by atoms with Gasteiger partial charge in [0.25, 0.3) is 0 Å². The summed E-state index contributed by atoms with van der Waals surface area (Å²) in [4.78, 5) is 3.05. The van der Waals surface area contributed by atoms with Gasteiger partial charge in [-0.3, -0.25) is 0 Å². The first kappa shape index (κ1) is 32.8. The van der Waals surface area contributed by atoms with Crippen LogP contribution in [0.5, 0.6) is 23.0 Å². The number of methoxy groups -OCH3 is 1. The van der Waals surface area contributed by atoms with Gasteiger partial charge in [-0.1, -0.05) is 36.4 Å². The monoisotopic (exact) mass is 656 g/mol. The number of allylic oxidation sites excluding steroid dienone is 3. The summed E-state index contributed by atoms with van der Waals surface area (Å²) >= 11 is 0. The van der Waals surface area contributed by atoms with Crippen molar-refractivity contribution in [2.24, 2.45) is 17.8 Å². The number of hydrogen-bond acceptors (Lipinski definition) is 8. The molecule has 3 aliphatic carbocycles. The third-order valence-corrected chi connectivity index (χ3v) is 11.6. The van der Waals surface area contributed by atoms with Crippen LogP contribution < -0.4 is 10.1 Å². The zero-order chi connectivity index (χ0) is 33.5. The van der Waals surface area contributed by atoms with Crippen molar-refractivity contribution in [1.29, 1.82) is 0 Å². The van der Waals surface area contributed by atoms with E-state index in [1.165, 1.54) is 7.11 Å². The molecule has 256 valence electrons. The van der Waals surface area contributed by atoms with Crippen molar-refractivity contribution in [3.8, 4) is 23.0 Å². The van der Waals surface area contributed by atoms with E-state index < -0.39 is 30.3 Å². The van der Waals surface area contributed by atoms with E-state index in [0.717, 1.165) is 42.4 Å². The number of rotatable bonds is 8. The number of phenols is 3. The van der Waals surface area contributed by atoms with E-state index in [1.807, 2.05) is 37.6 Å². The Hall–Kier alpha value is -3.76. The second-order valence-electron chi connectivity index (χ2n) is 14.2. The van der Waals surface area contributed by atoms with Crippen LogP contribution in [0.3, 0.4) is 0 Å². The molecule has 1 aliphatic heterocycles. The predicted molar refractivity (Wildman–Crippen MR) is 182 cm³/mol. The Balaban J connectivity index is 1.18. The number of aromatic amines is 1. The van der Waals surface area contributed by atoms with Gasteiger partial charge in [-0.25, -0.2) is 0 Å². The van der Waals surface area contributed by atoms with E-state index in [9.17, 15) is 25.5 Å². The van der Waals surface area contributed by atoms with Crippen LogP contribution in [0.1, 0.15) is 89.8 Å². The molecule has 0 bridgehead atoms. The first-order valence-electron chi connectivity index (χ1n) is 17.4. The number of likely N-dealkylation sites (N-methyl/N-ethyl adjacent to an activating group) is 1. The van der Waals surface area contributed by atoms with Gasteiger partial charge in [0, 0.05) is 59.8 Å². The Kier molecular flexibility index (Phi) is 9.30. The summed E-state index contributed by atoms with van der Waals surface area (Å²) in [7, 11) is 3.45. The van der Waals surface area contributed by atoms with Gasteiger partial charge in [0.2, 0.25) is 5.75 Å². The molecule has 7 rings (SSSR count). The van der Waals surface area contributed by atoms with Crippen LogP contribution in [-0.4, -0.2) is 62.9 Å². The number of hydrogen-bond donors (Lipinski definition) is 7. The Bertz CT molecular complexity index is 1670. The first-order valence-corrected chi connectivity index (χ1v) is 17.4. The van der Waals surface area contributed by atoms with Crippen LogP contribution in [-0.2, 0) is 17.8 Å². The van der Waals surface area contributed by atoms with Crippen molar-refractivity contribution in [2.45, 2.75) is 87.7 Å². The van der Waals surface area contributed by atoms with Gasteiger partial charge in [-0.2, -0.15) is 0 Å². The van der Waals surface area contributed by atoms with E-state index in [0.29, 0.717) is 54.0 Å². The highest BCUT2D eigenvalue weighted by Crippen LogP contribution is 2.53. The number of fused-ring (bicyclic) bond motifs is 2. The molecule has 1 saturated carbocycles. The number of benzene rings is 2. The summed E-state index contributed by atoms with van der Waals surface area (Å²) in [5.41, 5.74) is 4.41. The molecule has 0 radical (unpaired) electrons. The number of aliphatic hydroxyl groups is 2. The fourth-order valence-corrected chi connectivity index (χ4v) is 9.14. The van der Waals surface area contributed by atoms with Gasteiger partial charge >= 0.3 is 0 Å². The number of aromatic nitrogens is 1. The van der Waals surface area contributed by atoms with Crippen LogP contribution in [0.2, 0.25) is 0 Å². The fourth-order valence-electron chi connectivity index (χ4n) is 9.14. The largest absolute Gasteiger partial charge is 0.508 e. The summed E-state index contributed by atoms with van der Waals surface area (Å²) < 4.78 is 12.5. The molecular weight excluding hydrogens is 608 g/mol. The molecule has 9 heteroatoms. The standard InChI is InChI=1S/C39H48N2O7/c1-40-25-8-10-26-24(15-25)4-3-5-27(26)29-16-22(7-11-32(29)43)23-6-9-28-33(44)18-35(48-34(28)17-23)36-30(14-21-12-13-41-19-21)39(47-2)38(46)37(45)31(36)20-42/h3,5,7-8,10-13,16,19,23-28,33-35,40-46H,4,6,9,14-15,17-18,20H2,1-2H3. The summed E-state index contributed by atoms with van der Waals surface area (Å²) in [6, 6.07) is 8.35. The van der Waals surface area contributed by atoms with Gasteiger partial charge in [-0.15, -0.1) is 0 Å². The number of ether oxygens (including phenoxy) is 2. The summed E-state index contributed by atoms with van der Waals surface area (Å²) in [6.45, 7) is -0.510. The lowest BCUT2D eigenvalue weighted by molar-refractivity contribution is -0.154. The van der Waals surface area contributed by atoms with Crippen LogP contribution in [0.15, 0.2) is 61.0 Å². The third-order valence-electron chi connectivity index (χ3n) is 11.6. The molecule has 0 amide bonds.